The topological polar surface area (TPSA) is 26.3 Å². The smallest absolute Gasteiger partial charge is 0.338 e. The summed E-state index contributed by atoms with van der Waals surface area (Å²) in [6.07, 6.45) is 0. The van der Waals surface area contributed by atoms with Crippen LogP contribution in [0.5, 0.6) is 0 Å². The van der Waals surface area contributed by atoms with Crippen molar-refractivity contribution < 1.29 is 9.53 Å². The largest absolute Gasteiger partial charge is 0.456 e. The lowest BCUT2D eigenvalue weighted by Gasteiger charge is -2.19. The van der Waals surface area contributed by atoms with E-state index in [-0.39, 0.29) is 5.97 Å². The van der Waals surface area contributed by atoms with Crippen molar-refractivity contribution in [3.05, 3.63) is 31.8 Å². The van der Waals surface area contributed by atoms with E-state index in [4.69, 9.17) is 4.74 Å². The van der Waals surface area contributed by atoms with Crippen LogP contribution in [0.2, 0.25) is 0 Å². The van der Waals surface area contributed by atoms with Gasteiger partial charge in [0.15, 0.2) is 0 Å². The molecule has 2 nitrogen and oxygen atoms in total. The molecule has 1 aromatic carbocycles. The molecular weight excluding hydrogens is 371 g/mol. The van der Waals surface area contributed by atoms with Gasteiger partial charge in [-0.1, -0.05) is 15.9 Å². The van der Waals surface area contributed by atoms with Gasteiger partial charge in [0, 0.05) is 8.04 Å². The number of rotatable bonds is 1. The van der Waals surface area contributed by atoms with Crippen molar-refractivity contribution in [1.82, 2.24) is 0 Å². The van der Waals surface area contributed by atoms with E-state index in [1.165, 1.54) is 0 Å². The van der Waals surface area contributed by atoms with Gasteiger partial charge in [-0.05, 0) is 61.6 Å². The minimum absolute atomic E-state index is 0.290. The lowest BCUT2D eigenvalue weighted by molar-refractivity contribution is 0.00694. The van der Waals surface area contributed by atoms with E-state index in [1.807, 2.05) is 26.8 Å². The monoisotopic (exact) mass is 382 g/mol. The molecule has 0 aliphatic heterocycles. The molecule has 0 saturated heterocycles. The summed E-state index contributed by atoms with van der Waals surface area (Å²) in [5.74, 6) is -0.290. The average molecular weight is 383 g/mol. The van der Waals surface area contributed by atoms with Gasteiger partial charge in [-0.15, -0.1) is 0 Å². The fraction of sp³-hybridized carbons (Fsp3) is 0.364. The highest BCUT2D eigenvalue weighted by Crippen LogP contribution is 2.19. The third-order valence-corrected chi connectivity index (χ3v) is 2.58. The summed E-state index contributed by atoms with van der Waals surface area (Å²) in [4.78, 5) is 11.7. The second kappa shape index (κ2) is 4.82. The third kappa shape index (κ3) is 4.51. The van der Waals surface area contributed by atoms with Crippen LogP contribution in [0.1, 0.15) is 31.1 Å². The molecule has 0 saturated carbocycles. The number of carbonyl (C=O) groups excluding carboxylic acids is 1. The van der Waals surface area contributed by atoms with Gasteiger partial charge in [-0.3, -0.25) is 0 Å². The number of hydrogen-bond donors (Lipinski definition) is 0. The molecule has 15 heavy (non-hydrogen) atoms. The van der Waals surface area contributed by atoms with Crippen LogP contribution in [0.4, 0.5) is 0 Å². The standard InChI is InChI=1S/C11H12BrIO2/c1-11(2,3)15-10(14)7-4-8(12)6-9(13)5-7/h4-6H,1-3H3. The van der Waals surface area contributed by atoms with Crippen LogP contribution in [-0.2, 0) is 4.74 Å². The Kier molecular flexibility index (Phi) is 4.17. The molecule has 0 bridgehead atoms. The quantitative estimate of drug-likeness (QED) is 0.541. The molecule has 0 N–H and O–H groups in total. The van der Waals surface area contributed by atoms with Crippen LogP contribution in [-0.4, -0.2) is 11.6 Å². The van der Waals surface area contributed by atoms with Crippen molar-refractivity contribution >= 4 is 44.5 Å². The molecule has 0 aliphatic carbocycles. The van der Waals surface area contributed by atoms with Gasteiger partial charge in [0.1, 0.15) is 5.60 Å². The first kappa shape index (κ1) is 13.0. The van der Waals surface area contributed by atoms with Gasteiger partial charge >= 0.3 is 5.97 Å². The minimum Gasteiger partial charge on any atom is -0.456 e. The summed E-state index contributed by atoms with van der Waals surface area (Å²) < 4.78 is 7.16. The van der Waals surface area contributed by atoms with E-state index in [2.05, 4.69) is 38.5 Å². The van der Waals surface area contributed by atoms with Crippen molar-refractivity contribution in [3.8, 4) is 0 Å². The first-order chi connectivity index (χ1) is 6.78. The van der Waals surface area contributed by atoms with Crippen molar-refractivity contribution in [1.29, 1.82) is 0 Å². The van der Waals surface area contributed by atoms with Crippen LogP contribution >= 0.6 is 38.5 Å². The number of hydrogen-bond acceptors (Lipinski definition) is 2. The number of ether oxygens (including phenoxy) is 1. The zero-order valence-corrected chi connectivity index (χ0v) is 12.5. The summed E-state index contributed by atoms with van der Waals surface area (Å²) in [6.45, 7) is 5.57. The maximum Gasteiger partial charge on any atom is 0.338 e. The van der Waals surface area contributed by atoms with Gasteiger partial charge in [0.2, 0.25) is 0 Å². The SMILES string of the molecule is CC(C)(C)OC(=O)c1cc(Br)cc(I)c1. The maximum absolute atomic E-state index is 11.7. The molecule has 4 heteroatoms. The summed E-state index contributed by atoms with van der Waals surface area (Å²) in [7, 11) is 0. The Bertz CT molecular complexity index is 362. The zero-order valence-electron chi connectivity index (χ0n) is 8.80. The molecule has 0 aliphatic rings. The fourth-order valence-corrected chi connectivity index (χ4v) is 2.60. The Morgan fingerprint density at radius 1 is 1.33 bits per heavy atom. The number of halogens is 2. The lowest BCUT2D eigenvalue weighted by Crippen LogP contribution is -2.23. The zero-order chi connectivity index (χ0) is 11.6. The highest BCUT2D eigenvalue weighted by molar-refractivity contribution is 14.1. The van der Waals surface area contributed by atoms with E-state index in [1.54, 1.807) is 12.1 Å². The van der Waals surface area contributed by atoms with Crippen molar-refractivity contribution in [2.75, 3.05) is 0 Å². The second-order valence-corrected chi connectivity index (χ2v) is 6.32. The molecule has 0 fully saturated rings. The van der Waals surface area contributed by atoms with E-state index >= 15 is 0 Å². The average Bonchev–Trinajstić information content (AvgIpc) is 1.98. The molecule has 82 valence electrons. The molecule has 0 spiro atoms. The van der Waals surface area contributed by atoms with E-state index < -0.39 is 5.60 Å². The Morgan fingerprint density at radius 3 is 2.40 bits per heavy atom. The van der Waals surface area contributed by atoms with E-state index in [0.29, 0.717) is 5.56 Å². The lowest BCUT2D eigenvalue weighted by atomic mass is 10.2. The molecule has 0 heterocycles. The van der Waals surface area contributed by atoms with Gasteiger partial charge in [-0.25, -0.2) is 4.79 Å². The van der Waals surface area contributed by atoms with Gasteiger partial charge in [0.25, 0.3) is 0 Å². The van der Waals surface area contributed by atoms with Crippen LogP contribution in [0.25, 0.3) is 0 Å². The highest BCUT2D eigenvalue weighted by Gasteiger charge is 2.18. The molecule has 1 rings (SSSR count). The van der Waals surface area contributed by atoms with Crippen LogP contribution in [0.15, 0.2) is 22.7 Å². The summed E-state index contributed by atoms with van der Waals surface area (Å²) >= 11 is 5.51. The molecule has 1 aromatic rings. The second-order valence-electron chi connectivity index (χ2n) is 4.16. The normalized spacial score (nSPS) is 11.3. The fourth-order valence-electron chi connectivity index (χ4n) is 1.01. The minimum atomic E-state index is -0.454. The Balaban J connectivity index is 2.92. The van der Waals surface area contributed by atoms with Gasteiger partial charge in [-0.2, -0.15) is 0 Å². The molecule has 0 amide bonds. The van der Waals surface area contributed by atoms with E-state index in [9.17, 15) is 4.79 Å². The summed E-state index contributed by atoms with van der Waals surface area (Å²) in [5, 5.41) is 0. The Morgan fingerprint density at radius 2 is 1.93 bits per heavy atom. The Hall–Kier alpha value is -0.100. The van der Waals surface area contributed by atoms with Crippen LogP contribution in [0, 0.1) is 3.57 Å². The number of carbonyl (C=O) groups is 1. The molecular formula is C11H12BrIO2. The van der Waals surface area contributed by atoms with Crippen molar-refractivity contribution in [2.24, 2.45) is 0 Å². The summed E-state index contributed by atoms with van der Waals surface area (Å²) in [5.41, 5.74) is 0.119. The maximum atomic E-state index is 11.7. The number of esters is 1. The van der Waals surface area contributed by atoms with Crippen LogP contribution in [0.3, 0.4) is 0 Å². The predicted molar refractivity (Wildman–Crippen MR) is 72.0 cm³/mol. The molecule has 0 radical (unpaired) electrons. The molecule has 0 unspecified atom stereocenters. The van der Waals surface area contributed by atoms with E-state index in [0.717, 1.165) is 8.04 Å². The third-order valence-electron chi connectivity index (χ3n) is 1.50. The van der Waals surface area contributed by atoms with Gasteiger partial charge in [0.05, 0.1) is 5.56 Å². The first-order valence-corrected chi connectivity index (χ1v) is 6.34. The summed E-state index contributed by atoms with van der Waals surface area (Å²) in [6, 6.07) is 5.50. The number of benzene rings is 1. The predicted octanol–water partition coefficient (Wildman–Crippen LogP) is 4.01. The van der Waals surface area contributed by atoms with Gasteiger partial charge < -0.3 is 4.74 Å². The van der Waals surface area contributed by atoms with Crippen molar-refractivity contribution in [3.63, 3.8) is 0 Å². The van der Waals surface area contributed by atoms with Crippen molar-refractivity contribution in [2.45, 2.75) is 26.4 Å². The highest BCUT2D eigenvalue weighted by atomic mass is 127. The molecule has 0 atom stereocenters. The Labute approximate surface area is 112 Å². The van der Waals surface area contributed by atoms with Crippen LogP contribution < -0.4 is 0 Å². The molecule has 0 aromatic heterocycles. The first-order valence-electron chi connectivity index (χ1n) is 4.47.